The fourth-order valence-electron chi connectivity index (χ4n) is 4.42. The monoisotopic (exact) mass is 485 g/mol. The van der Waals surface area contributed by atoms with Crippen molar-refractivity contribution in [1.29, 1.82) is 0 Å². The van der Waals surface area contributed by atoms with Crippen molar-refractivity contribution in [3.05, 3.63) is 95.6 Å². The quantitative estimate of drug-likeness (QED) is 0.550. The fraction of sp³-hybridized carbons (Fsp3) is 0.333. The highest BCUT2D eigenvalue weighted by Gasteiger charge is 2.18. The highest BCUT2D eigenvalue weighted by molar-refractivity contribution is 5.96. The number of anilines is 1. The first-order valence-corrected chi connectivity index (χ1v) is 12.8. The van der Waals surface area contributed by atoms with E-state index >= 15 is 0 Å². The van der Waals surface area contributed by atoms with Gasteiger partial charge in [0.25, 0.3) is 5.91 Å². The van der Waals surface area contributed by atoms with Crippen molar-refractivity contribution in [3.63, 3.8) is 0 Å². The normalized spacial score (nSPS) is 14.2. The Hall–Kier alpha value is -3.80. The number of carbonyl (C=O) groups excluding carboxylic acids is 2. The van der Waals surface area contributed by atoms with Gasteiger partial charge in [0.2, 0.25) is 5.91 Å². The molecule has 0 unspecified atom stereocenters. The predicted octanol–water partition coefficient (Wildman–Crippen LogP) is 4.69. The van der Waals surface area contributed by atoms with Gasteiger partial charge in [0, 0.05) is 25.2 Å². The van der Waals surface area contributed by atoms with Crippen LogP contribution in [0.5, 0.6) is 5.75 Å². The molecule has 0 radical (unpaired) electrons. The van der Waals surface area contributed by atoms with Crippen molar-refractivity contribution in [2.24, 2.45) is 0 Å². The molecule has 1 aliphatic heterocycles. The Morgan fingerprint density at radius 2 is 1.53 bits per heavy atom. The summed E-state index contributed by atoms with van der Waals surface area (Å²) in [6.45, 7) is 5.33. The first kappa shape index (κ1) is 25.3. The molecule has 1 aliphatic rings. The van der Waals surface area contributed by atoms with Crippen molar-refractivity contribution in [3.8, 4) is 5.75 Å². The number of rotatable bonds is 6. The number of hydrogen-bond donors (Lipinski definition) is 1. The maximum atomic E-state index is 12.9. The molecule has 3 aromatic rings. The zero-order valence-corrected chi connectivity index (χ0v) is 21.0. The average Bonchev–Trinajstić information content (AvgIpc) is 2.96. The first-order valence-electron chi connectivity index (χ1n) is 12.8. The molecular formula is C30H35N3O3. The van der Waals surface area contributed by atoms with Gasteiger partial charge >= 0.3 is 0 Å². The van der Waals surface area contributed by atoms with Gasteiger partial charge in [-0.15, -0.1) is 0 Å². The van der Waals surface area contributed by atoms with Gasteiger partial charge in [0.1, 0.15) is 12.4 Å². The minimum Gasteiger partial charge on any atom is -0.490 e. The topological polar surface area (TPSA) is 61.9 Å². The second-order valence-corrected chi connectivity index (χ2v) is 9.04. The van der Waals surface area contributed by atoms with Crippen LogP contribution >= 0.6 is 0 Å². The summed E-state index contributed by atoms with van der Waals surface area (Å²) in [4.78, 5) is 29.4. The van der Waals surface area contributed by atoms with Crippen LogP contribution in [0, 0.1) is 0 Å². The Kier molecular flexibility index (Phi) is 8.98. The summed E-state index contributed by atoms with van der Waals surface area (Å²) >= 11 is 0. The Balaban J connectivity index is 1.40. The Morgan fingerprint density at radius 1 is 0.833 bits per heavy atom. The van der Waals surface area contributed by atoms with Crippen LogP contribution in [0.3, 0.4) is 0 Å². The minimum absolute atomic E-state index is 0.0236. The molecule has 6 nitrogen and oxygen atoms in total. The molecule has 0 saturated heterocycles. The Bertz CT molecular complexity index is 1130. The van der Waals surface area contributed by atoms with E-state index in [1.54, 1.807) is 17.0 Å². The Morgan fingerprint density at radius 3 is 2.31 bits per heavy atom. The van der Waals surface area contributed by atoms with Crippen LogP contribution in [0.2, 0.25) is 0 Å². The first-order chi connectivity index (χ1) is 17.6. The maximum Gasteiger partial charge on any atom is 0.251 e. The molecule has 1 N–H and O–H groups in total. The molecule has 0 bridgehead atoms. The van der Waals surface area contributed by atoms with Crippen LogP contribution in [0.1, 0.15) is 41.3 Å². The number of hydrogen-bond acceptors (Lipinski definition) is 4. The molecule has 0 fully saturated rings. The smallest absolute Gasteiger partial charge is 0.251 e. The molecule has 188 valence electrons. The van der Waals surface area contributed by atoms with E-state index in [2.05, 4.69) is 47.5 Å². The van der Waals surface area contributed by atoms with E-state index in [-0.39, 0.29) is 18.4 Å². The number of benzene rings is 3. The van der Waals surface area contributed by atoms with Crippen LogP contribution < -0.4 is 15.0 Å². The summed E-state index contributed by atoms with van der Waals surface area (Å²) in [5.74, 6) is 0.493. The zero-order valence-electron chi connectivity index (χ0n) is 21.0. The molecular weight excluding hydrogens is 450 g/mol. The van der Waals surface area contributed by atoms with Gasteiger partial charge in [-0.05, 0) is 54.7 Å². The van der Waals surface area contributed by atoms with Crippen LogP contribution in [-0.4, -0.2) is 49.5 Å². The van der Waals surface area contributed by atoms with Gasteiger partial charge in [-0.1, -0.05) is 61.5 Å². The van der Waals surface area contributed by atoms with E-state index in [1.165, 1.54) is 11.1 Å². The third-order valence-corrected chi connectivity index (χ3v) is 6.52. The molecule has 1 heterocycles. The molecule has 36 heavy (non-hydrogen) atoms. The molecule has 0 aliphatic carbocycles. The van der Waals surface area contributed by atoms with Gasteiger partial charge in [-0.3, -0.25) is 9.59 Å². The lowest BCUT2D eigenvalue weighted by Gasteiger charge is -2.27. The summed E-state index contributed by atoms with van der Waals surface area (Å²) in [5.41, 5.74) is 4.23. The predicted molar refractivity (Wildman–Crippen MR) is 143 cm³/mol. The SMILES string of the molecule is CCc1ccc(CN2CCCCN(C(=O)CNC(=O)c3ccccc3)CCOc3ccccc32)cc1. The number of ether oxygens (including phenoxy) is 1. The summed E-state index contributed by atoms with van der Waals surface area (Å²) in [5, 5.41) is 2.75. The van der Waals surface area contributed by atoms with E-state index in [9.17, 15) is 9.59 Å². The lowest BCUT2D eigenvalue weighted by atomic mass is 10.1. The highest BCUT2D eigenvalue weighted by Crippen LogP contribution is 2.30. The fourth-order valence-corrected chi connectivity index (χ4v) is 4.42. The van der Waals surface area contributed by atoms with Crippen molar-refractivity contribution in [2.45, 2.75) is 32.7 Å². The number of carbonyl (C=O) groups is 2. The standard InChI is InChI=1S/C30H35N3O3/c1-2-24-14-16-25(17-15-24)23-33-19-9-8-18-32(20-21-36-28-13-7-6-12-27(28)33)29(34)22-31-30(35)26-10-4-3-5-11-26/h3-7,10-17H,2,8-9,18-23H2,1H3,(H,31,35). The van der Waals surface area contributed by atoms with E-state index in [0.29, 0.717) is 25.3 Å². The third-order valence-electron chi connectivity index (χ3n) is 6.52. The summed E-state index contributed by atoms with van der Waals surface area (Å²) in [6, 6.07) is 25.9. The second-order valence-electron chi connectivity index (χ2n) is 9.04. The molecule has 0 atom stereocenters. The van der Waals surface area contributed by atoms with Crippen molar-refractivity contribution >= 4 is 17.5 Å². The largest absolute Gasteiger partial charge is 0.490 e. The maximum absolute atomic E-state index is 12.9. The van der Waals surface area contributed by atoms with Gasteiger partial charge < -0.3 is 19.9 Å². The number of nitrogens with one attached hydrogen (secondary N) is 1. The lowest BCUT2D eigenvalue weighted by molar-refractivity contribution is -0.130. The highest BCUT2D eigenvalue weighted by atomic mass is 16.5. The lowest BCUT2D eigenvalue weighted by Crippen LogP contribution is -2.42. The van der Waals surface area contributed by atoms with Crippen LogP contribution in [0.15, 0.2) is 78.9 Å². The third kappa shape index (κ3) is 6.87. The molecule has 0 spiro atoms. The van der Waals surface area contributed by atoms with Gasteiger partial charge in [0.05, 0.1) is 18.8 Å². The minimum atomic E-state index is -0.241. The summed E-state index contributed by atoms with van der Waals surface area (Å²) in [6.07, 6.45) is 2.86. The molecule has 0 aromatic heterocycles. The van der Waals surface area contributed by atoms with Gasteiger partial charge in [-0.2, -0.15) is 0 Å². The van der Waals surface area contributed by atoms with Crippen LogP contribution in [-0.2, 0) is 17.8 Å². The van der Waals surface area contributed by atoms with E-state index in [4.69, 9.17) is 4.74 Å². The molecule has 4 rings (SSSR count). The Labute approximate surface area is 213 Å². The second kappa shape index (κ2) is 12.8. The van der Waals surface area contributed by atoms with Crippen molar-refractivity contribution in [1.82, 2.24) is 10.2 Å². The molecule has 3 aromatic carbocycles. The average molecular weight is 486 g/mol. The number of amides is 2. The molecule has 2 amide bonds. The number of nitrogens with zero attached hydrogens (tertiary/aromatic N) is 2. The summed E-state index contributed by atoms with van der Waals surface area (Å²) < 4.78 is 6.18. The number of fused-ring (bicyclic) bond motifs is 1. The van der Waals surface area contributed by atoms with E-state index < -0.39 is 0 Å². The van der Waals surface area contributed by atoms with Crippen LogP contribution in [0.25, 0.3) is 0 Å². The van der Waals surface area contributed by atoms with Crippen molar-refractivity contribution in [2.75, 3.05) is 37.7 Å². The van der Waals surface area contributed by atoms with Crippen molar-refractivity contribution < 1.29 is 14.3 Å². The van der Waals surface area contributed by atoms with Crippen LogP contribution in [0.4, 0.5) is 5.69 Å². The molecule has 0 saturated carbocycles. The number of para-hydroxylation sites is 2. The van der Waals surface area contributed by atoms with Gasteiger partial charge in [0.15, 0.2) is 0 Å². The van der Waals surface area contributed by atoms with E-state index in [1.807, 2.05) is 36.4 Å². The molecule has 6 heteroatoms. The van der Waals surface area contributed by atoms with Gasteiger partial charge in [-0.25, -0.2) is 0 Å². The number of aryl methyl sites for hydroxylation is 1. The summed E-state index contributed by atoms with van der Waals surface area (Å²) in [7, 11) is 0. The zero-order chi connectivity index (χ0) is 25.2. The van der Waals surface area contributed by atoms with E-state index in [0.717, 1.165) is 43.8 Å².